The van der Waals surface area contributed by atoms with Crippen LogP contribution in [0.3, 0.4) is 0 Å². The molecule has 4 nitrogen and oxygen atoms in total. The van der Waals surface area contributed by atoms with E-state index in [0.717, 1.165) is 0 Å². The van der Waals surface area contributed by atoms with Gasteiger partial charge in [-0.1, -0.05) is 12.1 Å². The van der Waals surface area contributed by atoms with Gasteiger partial charge in [0.1, 0.15) is 5.75 Å². The van der Waals surface area contributed by atoms with Crippen LogP contribution in [-0.4, -0.2) is 31.1 Å². The van der Waals surface area contributed by atoms with Gasteiger partial charge in [0.2, 0.25) is 0 Å². The fourth-order valence-electron chi connectivity index (χ4n) is 0.999. The van der Waals surface area contributed by atoms with Crippen molar-refractivity contribution >= 4 is 28.5 Å². The number of hydrogen-bond acceptors (Lipinski definition) is 4. The molecule has 2 N–H and O–H groups in total. The summed E-state index contributed by atoms with van der Waals surface area (Å²) in [6, 6.07) is 5.01. The van der Waals surface area contributed by atoms with Gasteiger partial charge in [-0.2, -0.15) is 0 Å². The van der Waals surface area contributed by atoms with E-state index in [4.69, 9.17) is 19.5 Å². The quantitative estimate of drug-likeness (QED) is 0.596. The normalized spacial score (nSPS) is 10.0. The maximum atomic E-state index is 9.04. The molecule has 0 atom stereocenters. The first-order valence-corrected chi connectivity index (χ1v) is 4.72. The van der Waals surface area contributed by atoms with E-state index in [1.165, 1.54) is 7.11 Å². The highest BCUT2D eigenvalue weighted by atomic mass is 79.9. The van der Waals surface area contributed by atoms with Gasteiger partial charge in [0.05, 0.1) is 4.47 Å². The number of halogens is 1. The Kier molecular flexibility index (Phi) is 4.41. The molecular formula is C8H10BBrO4. The first-order chi connectivity index (χ1) is 6.66. The molecule has 0 heterocycles. The second-order valence-corrected chi connectivity index (χ2v) is 3.44. The fourth-order valence-corrected chi connectivity index (χ4v) is 1.49. The van der Waals surface area contributed by atoms with E-state index in [0.29, 0.717) is 15.7 Å². The van der Waals surface area contributed by atoms with Crippen LogP contribution in [0.4, 0.5) is 0 Å². The van der Waals surface area contributed by atoms with Crippen LogP contribution in [0.25, 0.3) is 0 Å². The second kappa shape index (κ2) is 5.36. The average molecular weight is 261 g/mol. The topological polar surface area (TPSA) is 58.9 Å². The molecule has 1 aromatic rings. The molecule has 0 aliphatic rings. The van der Waals surface area contributed by atoms with E-state index >= 15 is 0 Å². The lowest BCUT2D eigenvalue weighted by atomic mass is 9.79. The molecule has 0 unspecified atom stereocenters. The molecule has 0 bridgehead atoms. The van der Waals surface area contributed by atoms with Crippen LogP contribution < -0.4 is 10.2 Å². The summed E-state index contributed by atoms with van der Waals surface area (Å²) in [6.45, 7) is 0.0579. The van der Waals surface area contributed by atoms with Crippen LogP contribution in [0.15, 0.2) is 22.7 Å². The Hall–Kier alpha value is -0.555. The lowest BCUT2D eigenvalue weighted by Crippen LogP contribution is -2.31. The molecule has 6 heteroatoms. The molecule has 0 spiro atoms. The summed E-state index contributed by atoms with van der Waals surface area (Å²) in [5.74, 6) is 0.379. The van der Waals surface area contributed by atoms with Gasteiger partial charge in [-0.05, 0) is 22.0 Å². The number of methoxy groups -OCH3 is 1. The van der Waals surface area contributed by atoms with Crippen molar-refractivity contribution in [1.29, 1.82) is 0 Å². The van der Waals surface area contributed by atoms with Crippen LogP contribution in [0.1, 0.15) is 0 Å². The third-order valence-corrected chi connectivity index (χ3v) is 2.22. The SMILES string of the molecule is COCOc1c(Br)cccc1B(O)O. The molecular weight excluding hydrogens is 251 g/mol. The Labute approximate surface area is 90.7 Å². The van der Waals surface area contributed by atoms with Gasteiger partial charge in [0, 0.05) is 12.6 Å². The zero-order valence-electron chi connectivity index (χ0n) is 7.61. The van der Waals surface area contributed by atoms with Gasteiger partial charge in [0.25, 0.3) is 0 Å². The van der Waals surface area contributed by atoms with Crippen LogP contribution in [0, 0.1) is 0 Å². The smallest absolute Gasteiger partial charge is 0.467 e. The van der Waals surface area contributed by atoms with Gasteiger partial charge in [0.15, 0.2) is 6.79 Å². The first kappa shape index (κ1) is 11.5. The van der Waals surface area contributed by atoms with Gasteiger partial charge in [-0.25, -0.2) is 0 Å². The van der Waals surface area contributed by atoms with E-state index in [2.05, 4.69) is 15.9 Å². The van der Waals surface area contributed by atoms with Gasteiger partial charge < -0.3 is 19.5 Å². The molecule has 0 saturated heterocycles. The van der Waals surface area contributed by atoms with Crippen LogP contribution >= 0.6 is 15.9 Å². The van der Waals surface area contributed by atoms with Crippen molar-refractivity contribution in [2.24, 2.45) is 0 Å². The Bertz CT molecular complexity index is 305. The summed E-state index contributed by atoms with van der Waals surface area (Å²) >= 11 is 3.24. The molecule has 0 radical (unpaired) electrons. The van der Waals surface area contributed by atoms with Crippen LogP contribution in [-0.2, 0) is 4.74 Å². The van der Waals surface area contributed by atoms with Crippen molar-refractivity contribution in [3.8, 4) is 5.75 Å². The maximum absolute atomic E-state index is 9.04. The molecule has 0 aliphatic heterocycles. The lowest BCUT2D eigenvalue weighted by Gasteiger charge is -2.11. The van der Waals surface area contributed by atoms with Crippen molar-refractivity contribution in [2.45, 2.75) is 0 Å². The minimum atomic E-state index is -1.56. The van der Waals surface area contributed by atoms with E-state index in [1.54, 1.807) is 18.2 Å². The predicted molar refractivity (Wildman–Crippen MR) is 56.5 cm³/mol. The lowest BCUT2D eigenvalue weighted by molar-refractivity contribution is 0.0512. The van der Waals surface area contributed by atoms with Crippen molar-refractivity contribution in [2.75, 3.05) is 13.9 Å². The average Bonchev–Trinajstić information content (AvgIpc) is 2.15. The molecule has 0 amide bonds. The van der Waals surface area contributed by atoms with Gasteiger partial charge in [-0.15, -0.1) is 0 Å². The maximum Gasteiger partial charge on any atom is 0.492 e. The number of ether oxygens (including phenoxy) is 2. The number of benzene rings is 1. The first-order valence-electron chi connectivity index (χ1n) is 3.93. The Morgan fingerprint density at radius 2 is 2.14 bits per heavy atom. The van der Waals surface area contributed by atoms with Crippen molar-refractivity contribution in [3.05, 3.63) is 22.7 Å². The minimum Gasteiger partial charge on any atom is -0.467 e. The number of rotatable bonds is 4. The summed E-state index contributed by atoms with van der Waals surface area (Å²) in [6.07, 6.45) is 0. The Morgan fingerprint density at radius 3 is 2.71 bits per heavy atom. The van der Waals surface area contributed by atoms with E-state index < -0.39 is 7.12 Å². The highest BCUT2D eigenvalue weighted by molar-refractivity contribution is 9.10. The number of hydrogen-bond donors (Lipinski definition) is 2. The van der Waals surface area contributed by atoms with Gasteiger partial charge in [-0.3, -0.25) is 0 Å². The fraction of sp³-hybridized carbons (Fsp3) is 0.250. The molecule has 1 rings (SSSR count). The standard InChI is InChI=1S/C8H10BBrO4/c1-13-5-14-8-6(9(11)12)3-2-4-7(8)10/h2-4,11-12H,5H2,1H3. The highest BCUT2D eigenvalue weighted by Gasteiger charge is 2.18. The van der Waals surface area contributed by atoms with Crippen LogP contribution in [0.2, 0.25) is 0 Å². The molecule has 0 saturated carbocycles. The summed E-state index contributed by atoms with van der Waals surface area (Å²) < 4.78 is 10.6. The molecule has 0 aliphatic carbocycles. The van der Waals surface area contributed by atoms with Crippen molar-refractivity contribution < 1.29 is 19.5 Å². The third kappa shape index (κ3) is 2.72. The van der Waals surface area contributed by atoms with E-state index in [-0.39, 0.29) is 6.79 Å². The summed E-state index contributed by atoms with van der Waals surface area (Å²) in [5, 5.41) is 18.1. The minimum absolute atomic E-state index is 0.0579. The predicted octanol–water partition coefficient (Wildman–Crippen LogP) is 0.112. The third-order valence-electron chi connectivity index (χ3n) is 1.60. The van der Waals surface area contributed by atoms with Crippen LogP contribution in [0.5, 0.6) is 5.75 Å². The molecule has 0 aromatic heterocycles. The summed E-state index contributed by atoms with van der Waals surface area (Å²) in [7, 11) is -0.0642. The highest BCUT2D eigenvalue weighted by Crippen LogP contribution is 2.22. The molecule has 1 aromatic carbocycles. The van der Waals surface area contributed by atoms with Crippen molar-refractivity contribution in [3.63, 3.8) is 0 Å². The monoisotopic (exact) mass is 260 g/mol. The van der Waals surface area contributed by atoms with E-state index in [1.807, 2.05) is 0 Å². The number of para-hydroxylation sites is 1. The largest absolute Gasteiger partial charge is 0.492 e. The van der Waals surface area contributed by atoms with E-state index in [9.17, 15) is 0 Å². The van der Waals surface area contributed by atoms with Crippen molar-refractivity contribution in [1.82, 2.24) is 0 Å². The summed E-state index contributed by atoms with van der Waals surface area (Å²) in [4.78, 5) is 0. The Morgan fingerprint density at radius 1 is 1.43 bits per heavy atom. The Balaban J connectivity index is 2.96. The molecule has 76 valence electrons. The zero-order chi connectivity index (χ0) is 10.6. The summed E-state index contributed by atoms with van der Waals surface area (Å²) in [5.41, 5.74) is 0.302. The van der Waals surface area contributed by atoms with Gasteiger partial charge >= 0.3 is 7.12 Å². The molecule has 0 fully saturated rings. The second-order valence-electron chi connectivity index (χ2n) is 2.58. The molecule has 14 heavy (non-hydrogen) atoms. The zero-order valence-corrected chi connectivity index (χ0v) is 9.19.